The maximum atomic E-state index is 10.8. The van der Waals surface area contributed by atoms with Gasteiger partial charge < -0.3 is 21.1 Å². The van der Waals surface area contributed by atoms with Gasteiger partial charge in [-0.1, -0.05) is 6.07 Å². The molecule has 0 aromatic heterocycles. The second-order valence-electron chi connectivity index (χ2n) is 4.05. The average Bonchev–Trinajstić information content (AvgIpc) is 2.31. The molecule has 7 nitrogen and oxygen atoms in total. The summed E-state index contributed by atoms with van der Waals surface area (Å²) in [4.78, 5) is 10.1. The molecule has 0 aliphatic carbocycles. The van der Waals surface area contributed by atoms with Gasteiger partial charge in [-0.15, -0.1) is 0 Å². The molecule has 1 rings (SSSR count). The van der Waals surface area contributed by atoms with Gasteiger partial charge in [0, 0.05) is 12.7 Å². The average molecular weight is 256 g/mol. The van der Waals surface area contributed by atoms with Crippen LogP contribution in [0.5, 0.6) is 0 Å². The number of rotatable bonds is 5. The minimum Gasteiger partial charge on any atom is -0.396 e. The quantitative estimate of drug-likeness (QED) is 0.339. The molecule has 0 fully saturated rings. The van der Waals surface area contributed by atoms with E-state index < -0.39 is 17.1 Å². The van der Waals surface area contributed by atoms with E-state index in [1.54, 1.807) is 6.92 Å². The Morgan fingerprint density at radius 1 is 1.44 bits per heavy atom. The normalized spacial score (nSPS) is 14.2. The van der Waals surface area contributed by atoms with Gasteiger partial charge in [-0.05, 0) is 24.5 Å². The van der Waals surface area contributed by atoms with Crippen LogP contribution in [-0.4, -0.2) is 33.0 Å². The van der Waals surface area contributed by atoms with E-state index in [0.717, 1.165) is 6.07 Å². The molecule has 0 aliphatic rings. The lowest BCUT2D eigenvalue weighted by molar-refractivity contribution is -0.384. The smallest absolute Gasteiger partial charge is 0.292 e. The van der Waals surface area contributed by atoms with Gasteiger partial charge in [-0.3, -0.25) is 10.1 Å². The predicted octanol–water partition coefficient (Wildman–Crippen LogP) is 0.262. The first-order valence-electron chi connectivity index (χ1n) is 5.40. The summed E-state index contributed by atoms with van der Waals surface area (Å²) in [5.41, 5.74) is 5.95. The third-order valence-corrected chi connectivity index (χ3v) is 2.71. The van der Waals surface area contributed by atoms with E-state index in [4.69, 9.17) is 10.8 Å². The van der Waals surface area contributed by atoms with Crippen LogP contribution >= 0.6 is 0 Å². The lowest BCUT2D eigenvalue weighted by Gasteiger charge is -2.18. The van der Waals surface area contributed by atoms with Crippen molar-refractivity contribution < 1.29 is 20.2 Å². The Balaban J connectivity index is 3.14. The molecule has 100 valence electrons. The van der Waals surface area contributed by atoms with Gasteiger partial charge in [0.15, 0.2) is 0 Å². The topological polar surface area (TPSA) is 130 Å². The van der Waals surface area contributed by atoms with Crippen LogP contribution in [0.25, 0.3) is 0 Å². The lowest BCUT2D eigenvalue weighted by Crippen LogP contribution is -2.20. The highest BCUT2D eigenvalue weighted by Gasteiger charge is 2.23. The number of aliphatic hydroxyl groups excluding tert-OH is 3. The van der Waals surface area contributed by atoms with E-state index in [1.807, 2.05) is 0 Å². The SMILES string of the molecule is Cc1cc(C(O)C(O)CCO)cc([N+](=O)[O-])c1N. The Bertz CT molecular complexity index is 449. The number of nitro groups is 1. The van der Waals surface area contributed by atoms with Crippen LogP contribution in [0.1, 0.15) is 23.7 Å². The highest BCUT2D eigenvalue weighted by Crippen LogP contribution is 2.30. The number of aryl methyl sites for hydroxylation is 1. The maximum absolute atomic E-state index is 10.8. The molecule has 0 spiro atoms. The fourth-order valence-corrected chi connectivity index (χ4v) is 1.64. The van der Waals surface area contributed by atoms with Crippen LogP contribution in [0.4, 0.5) is 11.4 Å². The van der Waals surface area contributed by atoms with Crippen LogP contribution in [0.3, 0.4) is 0 Å². The highest BCUT2D eigenvalue weighted by molar-refractivity contribution is 5.64. The Kier molecular flexibility index (Phi) is 4.60. The Labute approximate surface area is 104 Å². The minimum absolute atomic E-state index is 0.0155. The molecule has 0 amide bonds. The predicted molar refractivity (Wildman–Crippen MR) is 64.9 cm³/mol. The molecule has 5 N–H and O–H groups in total. The Morgan fingerprint density at radius 3 is 2.56 bits per heavy atom. The molecule has 7 heteroatoms. The summed E-state index contributed by atoms with van der Waals surface area (Å²) in [7, 11) is 0. The summed E-state index contributed by atoms with van der Waals surface area (Å²) < 4.78 is 0. The molecular weight excluding hydrogens is 240 g/mol. The maximum Gasteiger partial charge on any atom is 0.292 e. The van der Waals surface area contributed by atoms with Crippen LogP contribution in [0.2, 0.25) is 0 Å². The molecule has 2 atom stereocenters. The minimum atomic E-state index is -1.30. The van der Waals surface area contributed by atoms with Gasteiger partial charge in [0.25, 0.3) is 5.69 Å². The lowest BCUT2D eigenvalue weighted by atomic mass is 9.99. The zero-order valence-corrected chi connectivity index (χ0v) is 9.91. The van der Waals surface area contributed by atoms with Crippen molar-refractivity contribution in [1.29, 1.82) is 0 Å². The second kappa shape index (κ2) is 5.76. The number of nitro benzene ring substituents is 1. The summed E-state index contributed by atoms with van der Waals surface area (Å²) in [6.07, 6.45) is -2.49. The van der Waals surface area contributed by atoms with Crippen molar-refractivity contribution in [2.24, 2.45) is 0 Å². The molecular formula is C11H16N2O5. The van der Waals surface area contributed by atoms with E-state index >= 15 is 0 Å². The van der Waals surface area contributed by atoms with Gasteiger partial charge in [0.1, 0.15) is 11.8 Å². The molecule has 0 saturated carbocycles. The van der Waals surface area contributed by atoms with E-state index in [0.29, 0.717) is 5.56 Å². The summed E-state index contributed by atoms with van der Waals surface area (Å²) in [6.45, 7) is 1.30. The van der Waals surface area contributed by atoms with Crippen LogP contribution in [0, 0.1) is 17.0 Å². The second-order valence-corrected chi connectivity index (χ2v) is 4.05. The molecule has 1 aromatic carbocycles. The van der Waals surface area contributed by atoms with Gasteiger partial charge in [-0.2, -0.15) is 0 Å². The van der Waals surface area contributed by atoms with Crippen LogP contribution < -0.4 is 5.73 Å². The summed E-state index contributed by atoms with van der Waals surface area (Å²) in [5, 5.41) is 38.8. The monoisotopic (exact) mass is 256 g/mol. The fourth-order valence-electron chi connectivity index (χ4n) is 1.64. The Hall–Kier alpha value is -1.70. The van der Waals surface area contributed by atoms with E-state index in [2.05, 4.69) is 0 Å². The molecule has 18 heavy (non-hydrogen) atoms. The number of anilines is 1. The van der Waals surface area contributed by atoms with Gasteiger partial charge in [0.2, 0.25) is 0 Å². The number of benzene rings is 1. The zero-order valence-electron chi connectivity index (χ0n) is 9.91. The van der Waals surface area contributed by atoms with E-state index in [9.17, 15) is 20.3 Å². The number of nitrogens with zero attached hydrogens (tertiary/aromatic N) is 1. The third-order valence-electron chi connectivity index (χ3n) is 2.71. The molecule has 2 unspecified atom stereocenters. The molecule has 1 aromatic rings. The van der Waals surface area contributed by atoms with Gasteiger partial charge in [0.05, 0.1) is 11.0 Å². The van der Waals surface area contributed by atoms with E-state index in [-0.39, 0.29) is 30.0 Å². The largest absolute Gasteiger partial charge is 0.396 e. The van der Waals surface area contributed by atoms with Crippen molar-refractivity contribution in [3.05, 3.63) is 33.4 Å². The number of hydrogen-bond donors (Lipinski definition) is 4. The summed E-state index contributed by atoms with van der Waals surface area (Å²) in [5.74, 6) is 0. The Morgan fingerprint density at radius 2 is 2.06 bits per heavy atom. The van der Waals surface area contributed by atoms with Crippen molar-refractivity contribution in [3.8, 4) is 0 Å². The standard InChI is InChI=1S/C11H16N2O5/c1-6-4-7(11(16)9(15)2-3-14)5-8(10(6)12)13(17)18/h4-5,9,11,14-16H,2-3,12H2,1H3. The number of nitrogen functional groups attached to an aromatic ring is 1. The first-order chi connectivity index (χ1) is 8.38. The summed E-state index contributed by atoms with van der Waals surface area (Å²) >= 11 is 0. The number of nitrogens with two attached hydrogens (primary N) is 1. The number of hydrogen-bond acceptors (Lipinski definition) is 6. The first kappa shape index (κ1) is 14.4. The fraction of sp³-hybridized carbons (Fsp3) is 0.455. The number of aliphatic hydroxyl groups is 3. The molecule has 0 saturated heterocycles. The highest BCUT2D eigenvalue weighted by atomic mass is 16.6. The van der Waals surface area contributed by atoms with Crippen LogP contribution in [0.15, 0.2) is 12.1 Å². The molecule has 0 bridgehead atoms. The third kappa shape index (κ3) is 2.95. The van der Waals surface area contributed by atoms with E-state index in [1.165, 1.54) is 6.07 Å². The van der Waals surface area contributed by atoms with Crippen molar-refractivity contribution in [2.45, 2.75) is 25.6 Å². The van der Waals surface area contributed by atoms with Crippen LogP contribution in [-0.2, 0) is 0 Å². The summed E-state index contributed by atoms with van der Waals surface area (Å²) in [6, 6.07) is 2.61. The molecule has 0 radical (unpaired) electrons. The van der Waals surface area contributed by atoms with Gasteiger partial charge >= 0.3 is 0 Å². The van der Waals surface area contributed by atoms with Gasteiger partial charge in [-0.25, -0.2) is 0 Å². The molecule has 0 aliphatic heterocycles. The van der Waals surface area contributed by atoms with Crippen molar-refractivity contribution in [1.82, 2.24) is 0 Å². The van der Waals surface area contributed by atoms with Crippen molar-refractivity contribution in [3.63, 3.8) is 0 Å². The van der Waals surface area contributed by atoms with Crippen molar-refractivity contribution >= 4 is 11.4 Å². The zero-order chi connectivity index (χ0) is 13.9. The molecule has 0 heterocycles. The first-order valence-corrected chi connectivity index (χ1v) is 5.40. The van der Waals surface area contributed by atoms with Crippen molar-refractivity contribution in [2.75, 3.05) is 12.3 Å².